The first-order valence-corrected chi connectivity index (χ1v) is 12.5. The second-order valence-electron chi connectivity index (χ2n) is 9.81. The number of likely N-dealkylation sites (N-methyl/N-ethyl adjacent to an activating group) is 1. The summed E-state index contributed by atoms with van der Waals surface area (Å²) in [5.41, 5.74) is 2.60. The Labute approximate surface area is 225 Å². The first-order chi connectivity index (χ1) is 18.4. The van der Waals surface area contributed by atoms with Crippen LogP contribution in [0.4, 0.5) is 19.0 Å². The summed E-state index contributed by atoms with van der Waals surface area (Å²) in [6.45, 7) is 4.12. The molecule has 1 atom stereocenters. The number of aryl methyl sites for hydroxylation is 1. The number of methoxy groups -OCH3 is 1. The molecule has 1 amide bonds. The van der Waals surface area contributed by atoms with Crippen LogP contribution in [0, 0.1) is 12.7 Å². The number of nitrogens with zero attached hydrogens (tertiary/aromatic N) is 3. The first kappa shape index (κ1) is 27.9. The third-order valence-electron chi connectivity index (χ3n) is 6.58. The fourth-order valence-corrected chi connectivity index (χ4v) is 4.46. The van der Waals surface area contributed by atoms with Crippen molar-refractivity contribution in [2.45, 2.75) is 39.2 Å². The van der Waals surface area contributed by atoms with Crippen molar-refractivity contribution in [3.63, 3.8) is 0 Å². The highest BCUT2D eigenvalue weighted by molar-refractivity contribution is 5.93. The SMILES string of the molecule is COc1ccc(-c2ccc3nc(C)nc(N[C@H](C)c4cccc(C(C)(F)F)c4F)c3c2)cc1CC(=O)N(C)C. The third kappa shape index (κ3) is 5.97. The Morgan fingerprint density at radius 2 is 1.77 bits per heavy atom. The van der Waals surface area contributed by atoms with Crippen molar-refractivity contribution in [3.8, 4) is 16.9 Å². The molecule has 0 unspecified atom stereocenters. The van der Waals surface area contributed by atoms with Gasteiger partial charge in [0.1, 0.15) is 23.2 Å². The van der Waals surface area contributed by atoms with Gasteiger partial charge in [-0.15, -0.1) is 0 Å². The van der Waals surface area contributed by atoms with Crippen molar-refractivity contribution < 1.29 is 22.7 Å². The van der Waals surface area contributed by atoms with E-state index in [1.807, 2.05) is 36.4 Å². The molecule has 6 nitrogen and oxygen atoms in total. The molecule has 1 N–H and O–H groups in total. The summed E-state index contributed by atoms with van der Waals surface area (Å²) in [5.74, 6) is -2.72. The number of fused-ring (bicyclic) bond motifs is 1. The zero-order chi connectivity index (χ0) is 28.5. The molecule has 0 aliphatic rings. The molecule has 9 heteroatoms. The Kier molecular flexibility index (Phi) is 7.81. The number of hydrogen-bond donors (Lipinski definition) is 1. The highest BCUT2D eigenvalue weighted by atomic mass is 19.3. The largest absolute Gasteiger partial charge is 0.496 e. The molecular formula is C30H31F3N4O2. The molecule has 4 aromatic rings. The van der Waals surface area contributed by atoms with Crippen LogP contribution in [0.3, 0.4) is 0 Å². The van der Waals surface area contributed by atoms with E-state index in [1.54, 1.807) is 35.1 Å². The summed E-state index contributed by atoms with van der Waals surface area (Å²) < 4.78 is 48.4. The molecule has 0 radical (unpaired) electrons. The van der Waals surface area contributed by atoms with Gasteiger partial charge < -0.3 is 15.0 Å². The predicted molar refractivity (Wildman–Crippen MR) is 147 cm³/mol. The molecule has 4 rings (SSSR count). The van der Waals surface area contributed by atoms with Gasteiger partial charge in [0.15, 0.2) is 0 Å². The molecule has 1 heterocycles. The number of aromatic nitrogens is 2. The van der Waals surface area contributed by atoms with Gasteiger partial charge in [-0.05, 0) is 49.2 Å². The van der Waals surface area contributed by atoms with Crippen molar-refractivity contribution >= 4 is 22.6 Å². The highest BCUT2D eigenvalue weighted by Crippen LogP contribution is 2.35. The Bertz CT molecular complexity index is 1530. The summed E-state index contributed by atoms with van der Waals surface area (Å²) in [6.07, 6.45) is 0.186. The van der Waals surface area contributed by atoms with Crippen molar-refractivity contribution in [2.75, 3.05) is 26.5 Å². The fraction of sp³-hybridized carbons (Fsp3) is 0.300. The van der Waals surface area contributed by atoms with Crippen LogP contribution in [0.15, 0.2) is 54.6 Å². The number of nitrogens with one attached hydrogen (secondary N) is 1. The molecule has 0 aliphatic heterocycles. The molecule has 0 aliphatic carbocycles. The van der Waals surface area contributed by atoms with Crippen molar-refractivity contribution in [2.24, 2.45) is 0 Å². The Morgan fingerprint density at radius 1 is 1.08 bits per heavy atom. The number of carbonyl (C=O) groups is 1. The monoisotopic (exact) mass is 536 g/mol. The fourth-order valence-electron chi connectivity index (χ4n) is 4.46. The topological polar surface area (TPSA) is 67.4 Å². The molecular weight excluding hydrogens is 505 g/mol. The van der Waals surface area contributed by atoms with Gasteiger partial charge in [0.25, 0.3) is 5.92 Å². The summed E-state index contributed by atoms with van der Waals surface area (Å²) in [4.78, 5) is 23.0. The molecule has 0 bridgehead atoms. The van der Waals surface area contributed by atoms with Gasteiger partial charge in [-0.1, -0.05) is 30.3 Å². The van der Waals surface area contributed by atoms with E-state index in [-0.39, 0.29) is 17.9 Å². The lowest BCUT2D eigenvalue weighted by atomic mass is 9.98. The lowest BCUT2D eigenvalue weighted by molar-refractivity contribution is -0.127. The number of halogens is 3. The van der Waals surface area contributed by atoms with Crippen LogP contribution >= 0.6 is 0 Å². The summed E-state index contributed by atoms with van der Waals surface area (Å²) in [6, 6.07) is 14.7. The smallest absolute Gasteiger partial charge is 0.273 e. The van der Waals surface area contributed by atoms with E-state index in [0.717, 1.165) is 22.8 Å². The van der Waals surface area contributed by atoms with Crippen molar-refractivity contribution in [3.05, 3.63) is 82.9 Å². The summed E-state index contributed by atoms with van der Waals surface area (Å²) in [5, 5.41) is 3.89. The molecule has 39 heavy (non-hydrogen) atoms. The molecule has 0 spiro atoms. The summed E-state index contributed by atoms with van der Waals surface area (Å²) >= 11 is 0. The van der Waals surface area contributed by atoms with E-state index >= 15 is 4.39 Å². The van der Waals surface area contributed by atoms with Gasteiger partial charge >= 0.3 is 0 Å². The third-order valence-corrected chi connectivity index (χ3v) is 6.58. The number of carbonyl (C=O) groups excluding carboxylic acids is 1. The zero-order valence-electron chi connectivity index (χ0n) is 22.8. The van der Waals surface area contributed by atoms with Crippen LogP contribution in [-0.2, 0) is 17.1 Å². The lowest BCUT2D eigenvalue weighted by Crippen LogP contribution is -2.23. The van der Waals surface area contributed by atoms with Gasteiger partial charge in [0, 0.05) is 37.5 Å². The van der Waals surface area contributed by atoms with Crippen molar-refractivity contribution in [1.29, 1.82) is 0 Å². The zero-order valence-corrected chi connectivity index (χ0v) is 22.8. The van der Waals surface area contributed by atoms with Gasteiger partial charge in [0.2, 0.25) is 5.91 Å². The Hall–Kier alpha value is -4.14. The van der Waals surface area contributed by atoms with Crippen LogP contribution < -0.4 is 10.1 Å². The lowest BCUT2D eigenvalue weighted by Gasteiger charge is -2.20. The van der Waals surface area contributed by atoms with E-state index < -0.39 is 23.3 Å². The van der Waals surface area contributed by atoms with Crippen LogP contribution in [0.5, 0.6) is 5.75 Å². The van der Waals surface area contributed by atoms with Gasteiger partial charge in [-0.25, -0.2) is 23.1 Å². The Morgan fingerprint density at radius 3 is 2.44 bits per heavy atom. The van der Waals surface area contributed by atoms with E-state index in [1.165, 1.54) is 17.0 Å². The number of amides is 1. The average molecular weight is 537 g/mol. The molecule has 204 valence electrons. The first-order valence-electron chi connectivity index (χ1n) is 12.5. The van der Waals surface area contributed by atoms with E-state index in [2.05, 4.69) is 15.3 Å². The van der Waals surface area contributed by atoms with Crippen molar-refractivity contribution in [1.82, 2.24) is 14.9 Å². The number of ether oxygens (including phenoxy) is 1. The molecule has 0 saturated heterocycles. The molecule has 0 saturated carbocycles. The number of alkyl halides is 2. The maximum Gasteiger partial charge on any atom is 0.273 e. The van der Waals surface area contributed by atoms with Crippen LogP contribution in [0.2, 0.25) is 0 Å². The number of benzene rings is 3. The number of anilines is 1. The van der Waals surface area contributed by atoms with Gasteiger partial charge in [0.05, 0.1) is 30.7 Å². The van der Waals surface area contributed by atoms with Crippen LogP contribution in [0.1, 0.15) is 42.4 Å². The van der Waals surface area contributed by atoms with E-state index in [9.17, 15) is 13.6 Å². The van der Waals surface area contributed by atoms with Crippen LogP contribution in [-0.4, -0.2) is 42.0 Å². The number of rotatable bonds is 8. The van der Waals surface area contributed by atoms with Crippen LogP contribution in [0.25, 0.3) is 22.0 Å². The minimum absolute atomic E-state index is 0.0505. The van der Waals surface area contributed by atoms with E-state index in [4.69, 9.17) is 4.74 Å². The second kappa shape index (κ2) is 10.9. The maximum absolute atomic E-state index is 15.1. The maximum atomic E-state index is 15.1. The quantitative estimate of drug-likeness (QED) is 0.273. The average Bonchev–Trinajstić information content (AvgIpc) is 2.87. The minimum atomic E-state index is -3.30. The molecule has 0 fully saturated rings. The Balaban J connectivity index is 1.75. The standard InChI is InChI=1S/C30H31F3N4O2/c1-17(22-8-7-9-24(28(22)31)30(3,32)33)34-29-23-15-20(10-12-25(23)35-18(2)36-29)19-11-13-26(39-6)21(14-19)16-27(38)37(4)5/h7-15,17H,16H2,1-6H3,(H,34,35,36)/t17-/m1/s1. The molecule has 1 aromatic heterocycles. The van der Waals surface area contributed by atoms with E-state index in [0.29, 0.717) is 35.2 Å². The summed E-state index contributed by atoms with van der Waals surface area (Å²) in [7, 11) is 4.97. The normalized spacial score (nSPS) is 12.3. The van der Waals surface area contributed by atoms with Gasteiger partial charge in [-0.3, -0.25) is 4.79 Å². The molecule has 3 aromatic carbocycles. The number of hydrogen-bond acceptors (Lipinski definition) is 5. The predicted octanol–water partition coefficient (Wildman–Crippen LogP) is 6.67. The highest BCUT2D eigenvalue weighted by Gasteiger charge is 2.30. The minimum Gasteiger partial charge on any atom is -0.496 e. The van der Waals surface area contributed by atoms with Gasteiger partial charge in [-0.2, -0.15) is 0 Å². The second-order valence-corrected chi connectivity index (χ2v) is 9.81.